The molecular formula is C9H15FO3. The average Bonchev–Trinajstić information content (AvgIpc) is 2.59. The molecule has 0 aromatic carbocycles. The van der Waals surface area contributed by atoms with Crippen LogP contribution in [0.15, 0.2) is 0 Å². The molecule has 4 heteroatoms. The topological polar surface area (TPSA) is 38.8 Å². The zero-order valence-corrected chi connectivity index (χ0v) is 8.39. The van der Waals surface area contributed by atoms with Gasteiger partial charge in [0, 0.05) is 0 Å². The number of rotatable bonds is 3. The van der Waals surface area contributed by atoms with E-state index in [1.807, 2.05) is 0 Å². The number of carbonyl (C=O) groups excluding carboxylic acids is 1. The van der Waals surface area contributed by atoms with Gasteiger partial charge in [-0.1, -0.05) is 13.8 Å². The Balaban J connectivity index is 2.68. The molecule has 0 radical (unpaired) electrons. The molecule has 1 rings (SSSR count). The fourth-order valence-electron chi connectivity index (χ4n) is 1.22. The molecule has 0 N–H and O–H groups in total. The fourth-order valence-corrected chi connectivity index (χ4v) is 1.22. The lowest BCUT2D eigenvalue weighted by molar-refractivity contribution is -0.156. The van der Waals surface area contributed by atoms with E-state index in [0.29, 0.717) is 0 Å². The van der Waals surface area contributed by atoms with Gasteiger partial charge in [0.25, 0.3) is 0 Å². The minimum atomic E-state index is -2.23. The van der Waals surface area contributed by atoms with Crippen LogP contribution in [-0.2, 0) is 14.3 Å². The third kappa shape index (κ3) is 1.33. The van der Waals surface area contributed by atoms with Crippen molar-refractivity contribution in [3.05, 3.63) is 0 Å². The molecule has 1 fully saturated rings. The molecule has 2 atom stereocenters. The second kappa shape index (κ2) is 2.94. The van der Waals surface area contributed by atoms with E-state index in [-0.39, 0.29) is 12.5 Å². The predicted octanol–water partition coefficient (Wildman–Crippen LogP) is 1.66. The third-order valence-electron chi connectivity index (χ3n) is 2.59. The summed E-state index contributed by atoms with van der Waals surface area (Å²) in [6.45, 7) is 6.99. The molecular weight excluding hydrogens is 175 g/mol. The highest BCUT2D eigenvalue weighted by molar-refractivity contribution is 5.82. The summed E-state index contributed by atoms with van der Waals surface area (Å²) in [5.74, 6) is -3.19. The van der Waals surface area contributed by atoms with Gasteiger partial charge in [-0.05, 0) is 19.8 Å². The first kappa shape index (κ1) is 10.4. The summed E-state index contributed by atoms with van der Waals surface area (Å²) in [4.78, 5) is 11.1. The van der Waals surface area contributed by atoms with Crippen molar-refractivity contribution in [2.75, 3.05) is 6.61 Å². The molecule has 0 saturated carbocycles. The van der Waals surface area contributed by atoms with Gasteiger partial charge >= 0.3 is 11.8 Å². The number of esters is 1. The van der Waals surface area contributed by atoms with Crippen molar-refractivity contribution in [3.8, 4) is 0 Å². The zero-order valence-electron chi connectivity index (χ0n) is 8.39. The summed E-state index contributed by atoms with van der Waals surface area (Å²) >= 11 is 0. The van der Waals surface area contributed by atoms with Gasteiger partial charge in [0.1, 0.15) is 5.60 Å². The fraction of sp³-hybridized carbons (Fsp3) is 0.889. The molecule has 13 heavy (non-hydrogen) atoms. The third-order valence-corrected chi connectivity index (χ3v) is 2.59. The van der Waals surface area contributed by atoms with Crippen molar-refractivity contribution in [2.45, 2.75) is 39.2 Å². The zero-order chi connectivity index (χ0) is 10.3. The maximum Gasteiger partial charge on any atom is 0.375 e. The monoisotopic (exact) mass is 190 g/mol. The number of carbonyl (C=O) groups is 1. The average molecular weight is 190 g/mol. The van der Waals surface area contributed by atoms with Crippen molar-refractivity contribution in [3.63, 3.8) is 0 Å². The molecule has 1 heterocycles. The van der Waals surface area contributed by atoms with Crippen LogP contribution in [0.1, 0.15) is 27.7 Å². The second-order valence-corrected chi connectivity index (χ2v) is 3.68. The van der Waals surface area contributed by atoms with Crippen LogP contribution in [-0.4, -0.2) is 24.0 Å². The first-order chi connectivity index (χ1) is 5.88. The molecule has 2 unspecified atom stereocenters. The van der Waals surface area contributed by atoms with Crippen LogP contribution >= 0.6 is 0 Å². The van der Waals surface area contributed by atoms with E-state index in [0.717, 1.165) is 0 Å². The molecule has 0 aromatic heterocycles. The quantitative estimate of drug-likeness (QED) is 0.502. The van der Waals surface area contributed by atoms with Gasteiger partial charge in [-0.3, -0.25) is 0 Å². The number of halogens is 1. The molecule has 0 spiro atoms. The summed E-state index contributed by atoms with van der Waals surface area (Å²) in [7, 11) is 0. The Morgan fingerprint density at radius 3 is 2.46 bits per heavy atom. The molecule has 76 valence electrons. The van der Waals surface area contributed by atoms with E-state index in [1.54, 1.807) is 27.7 Å². The first-order valence-electron chi connectivity index (χ1n) is 4.44. The van der Waals surface area contributed by atoms with Crippen LogP contribution in [0.2, 0.25) is 0 Å². The highest BCUT2D eigenvalue weighted by Crippen LogP contribution is 2.54. The summed E-state index contributed by atoms with van der Waals surface area (Å²) < 4.78 is 23.1. The molecule has 1 saturated heterocycles. The van der Waals surface area contributed by atoms with Crippen LogP contribution in [0.25, 0.3) is 0 Å². The Bertz CT molecular complexity index is 229. The van der Waals surface area contributed by atoms with Gasteiger partial charge in [-0.2, -0.15) is 4.39 Å². The molecule has 0 bridgehead atoms. The van der Waals surface area contributed by atoms with E-state index >= 15 is 0 Å². The maximum atomic E-state index is 13.7. The molecule has 3 nitrogen and oxygen atoms in total. The molecule has 1 aliphatic rings. The Hall–Kier alpha value is -0.640. The van der Waals surface area contributed by atoms with Crippen LogP contribution in [0.4, 0.5) is 4.39 Å². The minimum Gasteiger partial charge on any atom is -0.462 e. The van der Waals surface area contributed by atoms with Gasteiger partial charge in [0.2, 0.25) is 0 Å². The standard InChI is InChI=1S/C9H15FO3/c1-5-12-7(11)9(10)8(4,13-9)6(2)3/h6H,5H2,1-4H3. The maximum absolute atomic E-state index is 13.7. The Labute approximate surface area is 77.2 Å². The summed E-state index contributed by atoms with van der Waals surface area (Å²) in [5.41, 5.74) is -1.01. The molecule has 0 aromatic rings. The van der Waals surface area contributed by atoms with E-state index < -0.39 is 17.4 Å². The van der Waals surface area contributed by atoms with Crippen LogP contribution in [0.3, 0.4) is 0 Å². The van der Waals surface area contributed by atoms with Crippen molar-refractivity contribution >= 4 is 5.97 Å². The van der Waals surface area contributed by atoms with Crippen molar-refractivity contribution in [1.82, 2.24) is 0 Å². The largest absolute Gasteiger partial charge is 0.462 e. The second-order valence-electron chi connectivity index (χ2n) is 3.68. The lowest BCUT2D eigenvalue weighted by atomic mass is 9.93. The number of hydrogen-bond acceptors (Lipinski definition) is 3. The lowest BCUT2D eigenvalue weighted by Gasteiger charge is -2.11. The van der Waals surface area contributed by atoms with Crippen LogP contribution in [0, 0.1) is 5.92 Å². The normalized spacial score (nSPS) is 37.7. The number of alkyl halides is 1. The van der Waals surface area contributed by atoms with Gasteiger partial charge in [0.05, 0.1) is 6.61 Å². The van der Waals surface area contributed by atoms with Crippen molar-refractivity contribution in [2.24, 2.45) is 5.92 Å². The van der Waals surface area contributed by atoms with Gasteiger partial charge in [-0.15, -0.1) is 0 Å². The van der Waals surface area contributed by atoms with Crippen molar-refractivity contribution < 1.29 is 18.7 Å². The molecule has 1 aliphatic heterocycles. The number of hydrogen-bond donors (Lipinski definition) is 0. The first-order valence-corrected chi connectivity index (χ1v) is 4.44. The molecule has 0 amide bonds. The Kier molecular flexibility index (Phi) is 2.36. The smallest absolute Gasteiger partial charge is 0.375 e. The summed E-state index contributed by atoms with van der Waals surface area (Å²) in [6, 6.07) is 0. The van der Waals surface area contributed by atoms with Gasteiger partial charge in [0.15, 0.2) is 0 Å². The number of epoxide rings is 1. The van der Waals surface area contributed by atoms with E-state index in [1.165, 1.54) is 0 Å². The van der Waals surface area contributed by atoms with Crippen molar-refractivity contribution in [1.29, 1.82) is 0 Å². The van der Waals surface area contributed by atoms with Gasteiger partial charge in [-0.25, -0.2) is 4.79 Å². The predicted molar refractivity (Wildman–Crippen MR) is 44.8 cm³/mol. The summed E-state index contributed by atoms with van der Waals surface area (Å²) in [6.07, 6.45) is 0. The van der Waals surface area contributed by atoms with Crippen LogP contribution in [0.5, 0.6) is 0 Å². The van der Waals surface area contributed by atoms with Gasteiger partial charge < -0.3 is 9.47 Å². The SMILES string of the molecule is CCOC(=O)C1(F)OC1(C)C(C)C. The van der Waals surface area contributed by atoms with E-state index in [9.17, 15) is 9.18 Å². The van der Waals surface area contributed by atoms with Crippen LogP contribution < -0.4 is 0 Å². The summed E-state index contributed by atoms with van der Waals surface area (Å²) in [5, 5.41) is 0. The number of ether oxygens (including phenoxy) is 2. The van der Waals surface area contributed by atoms with E-state index in [2.05, 4.69) is 4.74 Å². The highest BCUT2D eigenvalue weighted by atomic mass is 19.2. The molecule has 0 aliphatic carbocycles. The minimum absolute atomic E-state index is 0.0538. The highest BCUT2D eigenvalue weighted by Gasteiger charge is 2.76. The lowest BCUT2D eigenvalue weighted by Crippen LogP contribution is -2.33. The Morgan fingerprint density at radius 2 is 2.15 bits per heavy atom. The Morgan fingerprint density at radius 1 is 1.62 bits per heavy atom. The van der Waals surface area contributed by atoms with E-state index in [4.69, 9.17) is 4.74 Å².